The highest BCUT2D eigenvalue weighted by Gasteiger charge is 2.33. The Balaban J connectivity index is 1.84. The van der Waals surface area contributed by atoms with Crippen molar-refractivity contribution in [2.24, 2.45) is 5.92 Å². The maximum absolute atomic E-state index is 12.4. The van der Waals surface area contributed by atoms with Crippen LogP contribution in [0.15, 0.2) is 11.0 Å². The third-order valence-electron chi connectivity index (χ3n) is 4.54. The number of hydrogen-bond acceptors (Lipinski definition) is 3. The van der Waals surface area contributed by atoms with E-state index in [1.807, 2.05) is 0 Å². The Morgan fingerprint density at radius 1 is 1.47 bits per heavy atom. The quantitative estimate of drug-likeness (QED) is 0.923. The zero-order valence-corrected chi connectivity index (χ0v) is 12.0. The maximum Gasteiger partial charge on any atom is 0.291 e. The van der Waals surface area contributed by atoms with E-state index in [1.165, 1.54) is 25.7 Å². The summed E-state index contributed by atoms with van der Waals surface area (Å²) in [5, 5.41) is 7.94. The van der Waals surface area contributed by atoms with Crippen LogP contribution in [-0.2, 0) is 6.54 Å². The topological polar surface area (TPSA) is 46.9 Å². The first kappa shape index (κ1) is 13.0. The monoisotopic (exact) mass is 281 g/mol. The summed E-state index contributed by atoms with van der Waals surface area (Å²) < 4.78 is 1.57. The van der Waals surface area contributed by atoms with E-state index in [2.05, 4.69) is 17.3 Å². The molecule has 1 aromatic heterocycles. The third-order valence-corrected chi connectivity index (χ3v) is 4.82. The van der Waals surface area contributed by atoms with Gasteiger partial charge in [0.1, 0.15) is 5.69 Å². The number of anilines is 1. The van der Waals surface area contributed by atoms with Crippen LogP contribution in [0.1, 0.15) is 45.4 Å². The molecular formula is C14H20ClN3O. The minimum absolute atomic E-state index is 0.0262. The summed E-state index contributed by atoms with van der Waals surface area (Å²) >= 11 is 6.13. The van der Waals surface area contributed by atoms with Crippen molar-refractivity contribution in [3.8, 4) is 0 Å². The van der Waals surface area contributed by atoms with Gasteiger partial charge in [-0.15, -0.1) is 0 Å². The normalized spacial score (nSPS) is 21.6. The first-order valence-electron chi connectivity index (χ1n) is 7.11. The molecule has 0 spiro atoms. The van der Waals surface area contributed by atoms with E-state index in [9.17, 15) is 4.79 Å². The Bertz CT molecular complexity index is 532. The molecule has 1 N–H and O–H groups in total. The summed E-state index contributed by atoms with van der Waals surface area (Å²) in [7, 11) is 0. The lowest BCUT2D eigenvalue weighted by Crippen LogP contribution is -2.44. The van der Waals surface area contributed by atoms with Gasteiger partial charge >= 0.3 is 0 Å². The highest BCUT2D eigenvalue weighted by molar-refractivity contribution is 6.33. The van der Waals surface area contributed by atoms with Crippen molar-refractivity contribution in [3.05, 3.63) is 21.6 Å². The van der Waals surface area contributed by atoms with Gasteiger partial charge in [-0.05, 0) is 44.9 Å². The van der Waals surface area contributed by atoms with E-state index in [4.69, 9.17) is 11.6 Å². The Kier molecular flexibility index (Phi) is 3.29. The van der Waals surface area contributed by atoms with E-state index in [1.54, 1.807) is 10.9 Å². The molecule has 3 rings (SSSR count). The Morgan fingerprint density at radius 2 is 2.21 bits per heavy atom. The van der Waals surface area contributed by atoms with Gasteiger partial charge in [0.25, 0.3) is 5.56 Å². The molecule has 0 aliphatic heterocycles. The average molecular weight is 282 g/mol. The molecule has 104 valence electrons. The van der Waals surface area contributed by atoms with Crippen molar-refractivity contribution < 1.29 is 0 Å². The molecule has 1 aromatic rings. The molecule has 1 heterocycles. The van der Waals surface area contributed by atoms with Crippen molar-refractivity contribution in [2.45, 2.75) is 57.5 Å². The second-order valence-electron chi connectivity index (χ2n) is 6.19. The van der Waals surface area contributed by atoms with E-state index < -0.39 is 0 Å². The highest BCUT2D eigenvalue weighted by Crippen LogP contribution is 2.35. The van der Waals surface area contributed by atoms with Crippen LogP contribution in [0.3, 0.4) is 0 Å². The number of nitrogens with one attached hydrogen (secondary N) is 1. The second-order valence-corrected chi connectivity index (χ2v) is 6.60. The first-order valence-corrected chi connectivity index (χ1v) is 7.49. The minimum atomic E-state index is -0.0764. The molecule has 0 unspecified atom stereocenters. The van der Waals surface area contributed by atoms with Gasteiger partial charge in [0, 0.05) is 12.1 Å². The molecule has 2 aliphatic carbocycles. The summed E-state index contributed by atoms with van der Waals surface area (Å²) in [5.74, 6) is 0.610. The van der Waals surface area contributed by atoms with Gasteiger partial charge in [-0.25, -0.2) is 4.68 Å². The summed E-state index contributed by atoms with van der Waals surface area (Å²) in [6.45, 7) is 2.87. The smallest absolute Gasteiger partial charge is 0.291 e. The van der Waals surface area contributed by atoms with Gasteiger partial charge in [-0.1, -0.05) is 18.0 Å². The second kappa shape index (κ2) is 4.82. The van der Waals surface area contributed by atoms with Crippen LogP contribution in [0.4, 0.5) is 5.69 Å². The zero-order chi connectivity index (χ0) is 13.5. The standard InChI is InChI=1S/C14H20ClN3O/c1-14(6-3-7-14)17-12-11(15)8-16-18(13(12)19)9-10-4-2-5-10/h8,10,17H,2-7,9H2,1H3. The largest absolute Gasteiger partial charge is 0.374 e. The maximum atomic E-state index is 12.4. The average Bonchev–Trinajstić information content (AvgIpc) is 2.29. The number of nitrogens with zero attached hydrogens (tertiary/aromatic N) is 2. The molecule has 19 heavy (non-hydrogen) atoms. The molecule has 0 aromatic carbocycles. The molecule has 2 saturated carbocycles. The van der Waals surface area contributed by atoms with Crippen LogP contribution >= 0.6 is 11.6 Å². The van der Waals surface area contributed by atoms with Crippen molar-refractivity contribution in [3.63, 3.8) is 0 Å². The van der Waals surface area contributed by atoms with Crippen molar-refractivity contribution in [2.75, 3.05) is 5.32 Å². The molecule has 0 atom stereocenters. The molecular weight excluding hydrogens is 262 g/mol. The van der Waals surface area contributed by atoms with Gasteiger partial charge in [0.15, 0.2) is 0 Å². The van der Waals surface area contributed by atoms with Crippen molar-refractivity contribution in [1.82, 2.24) is 9.78 Å². The Hall–Kier alpha value is -1.03. The predicted molar refractivity (Wildman–Crippen MR) is 76.7 cm³/mol. The molecule has 0 radical (unpaired) electrons. The zero-order valence-electron chi connectivity index (χ0n) is 11.3. The lowest BCUT2D eigenvalue weighted by atomic mass is 9.78. The fourth-order valence-electron chi connectivity index (χ4n) is 2.77. The van der Waals surface area contributed by atoms with Crippen LogP contribution in [0.5, 0.6) is 0 Å². The van der Waals surface area contributed by atoms with Crippen LogP contribution in [0.2, 0.25) is 5.02 Å². The van der Waals surface area contributed by atoms with Crippen LogP contribution < -0.4 is 10.9 Å². The summed E-state index contributed by atoms with van der Waals surface area (Å²) in [6.07, 6.45) is 8.67. The lowest BCUT2D eigenvalue weighted by Gasteiger charge is -2.40. The first-order chi connectivity index (χ1) is 9.07. The molecule has 2 aliphatic rings. The van der Waals surface area contributed by atoms with Crippen molar-refractivity contribution in [1.29, 1.82) is 0 Å². The van der Waals surface area contributed by atoms with Crippen molar-refractivity contribution >= 4 is 17.3 Å². The number of halogens is 1. The summed E-state index contributed by atoms with van der Waals surface area (Å²) in [6, 6.07) is 0. The molecule has 2 fully saturated rings. The van der Waals surface area contributed by atoms with Gasteiger partial charge < -0.3 is 5.32 Å². The van der Waals surface area contributed by atoms with Crippen LogP contribution in [0.25, 0.3) is 0 Å². The van der Waals surface area contributed by atoms with E-state index in [-0.39, 0.29) is 11.1 Å². The predicted octanol–water partition coefficient (Wildman–Crippen LogP) is 3.05. The van der Waals surface area contributed by atoms with Gasteiger partial charge in [-0.2, -0.15) is 5.10 Å². The van der Waals surface area contributed by atoms with E-state index in [0.717, 1.165) is 19.4 Å². The molecule has 0 bridgehead atoms. The number of aromatic nitrogens is 2. The Labute approximate surface area is 118 Å². The lowest BCUT2D eigenvalue weighted by molar-refractivity contribution is 0.261. The van der Waals surface area contributed by atoms with Gasteiger partial charge in [0.2, 0.25) is 0 Å². The summed E-state index contributed by atoms with van der Waals surface area (Å²) in [5.41, 5.74) is 0.476. The Morgan fingerprint density at radius 3 is 2.74 bits per heavy atom. The number of rotatable bonds is 4. The molecule has 5 heteroatoms. The molecule has 0 saturated heterocycles. The highest BCUT2D eigenvalue weighted by atomic mass is 35.5. The van der Waals surface area contributed by atoms with E-state index >= 15 is 0 Å². The van der Waals surface area contributed by atoms with Crippen LogP contribution in [-0.4, -0.2) is 15.3 Å². The van der Waals surface area contributed by atoms with Crippen LogP contribution in [0, 0.1) is 5.92 Å². The summed E-state index contributed by atoms with van der Waals surface area (Å²) in [4.78, 5) is 12.4. The molecule has 4 nitrogen and oxygen atoms in total. The SMILES string of the molecule is CC1(Nc2c(Cl)cnn(CC3CCC3)c2=O)CCC1. The fourth-order valence-corrected chi connectivity index (χ4v) is 2.94. The molecule has 0 amide bonds. The fraction of sp³-hybridized carbons (Fsp3) is 0.714. The van der Waals surface area contributed by atoms with Gasteiger partial charge in [0.05, 0.1) is 11.2 Å². The van der Waals surface area contributed by atoms with E-state index in [0.29, 0.717) is 16.6 Å². The minimum Gasteiger partial charge on any atom is -0.374 e. The van der Waals surface area contributed by atoms with Gasteiger partial charge in [-0.3, -0.25) is 4.79 Å². The third kappa shape index (κ3) is 2.50. The number of hydrogen-bond donors (Lipinski definition) is 1.